The molecule has 2 aliphatic rings. The van der Waals surface area contributed by atoms with Crippen molar-refractivity contribution in [3.63, 3.8) is 0 Å². The summed E-state index contributed by atoms with van der Waals surface area (Å²) in [6.45, 7) is 5.53. The summed E-state index contributed by atoms with van der Waals surface area (Å²) in [5.74, 6) is 0.722. The van der Waals surface area contributed by atoms with Crippen molar-refractivity contribution in [2.24, 2.45) is 0 Å². The first-order valence-corrected chi connectivity index (χ1v) is 9.98. The van der Waals surface area contributed by atoms with E-state index in [2.05, 4.69) is 31.9 Å². The lowest BCUT2D eigenvalue weighted by atomic mass is 10.1. The highest BCUT2D eigenvalue weighted by atomic mass is 16.5. The number of carbonyl (C=O) groups excluding carboxylic acids is 1. The Labute approximate surface area is 165 Å². The molecule has 1 aromatic heterocycles. The second-order valence-corrected chi connectivity index (χ2v) is 7.53. The number of methoxy groups -OCH3 is 1. The average molecular weight is 384 g/mol. The predicted octanol–water partition coefficient (Wildman–Crippen LogP) is 1.53. The van der Waals surface area contributed by atoms with E-state index in [1.807, 2.05) is 29.8 Å². The highest BCUT2D eigenvalue weighted by Crippen LogP contribution is 2.30. The monoisotopic (exact) mass is 384 g/mol. The molecule has 150 valence electrons. The summed E-state index contributed by atoms with van der Waals surface area (Å²) in [5.41, 5.74) is 2.35. The Balaban J connectivity index is 1.40. The molecule has 1 aromatic carbocycles. The van der Waals surface area contributed by atoms with Crippen LogP contribution >= 0.6 is 0 Å². The summed E-state index contributed by atoms with van der Waals surface area (Å²) in [6, 6.07) is 8.39. The zero-order valence-electron chi connectivity index (χ0n) is 16.5. The first-order chi connectivity index (χ1) is 13.7. The molecule has 1 unspecified atom stereocenters. The van der Waals surface area contributed by atoms with E-state index >= 15 is 0 Å². The molecule has 0 bridgehead atoms. The van der Waals surface area contributed by atoms with E-state index in [0.29, 0.717) is 11.7 Å². The van der Waals surface area contributed by atoms with Crippen molar-refractivity contribution in [3.8, 4) is 5.75 Å². The normalized spacial score (nSPS) is 20.4. The van der Waals surface area contributed by atoms with Gasteiger partial charge >= 0.3 is 0 Å². The third-order valence-electron chi connectivity index (χ3n) is 5.75. The minimum absolute atomic E-state index is 0.0841. The summed E-state index contributed by atoms with van der Waals surface area (Å²) in [7, 11) is 1.68. The number of carbonyl (C=O) groups is 1. The van der Waals surface area contributed by atoms with Gasteiger partial charge < -0.3 is 20.3 Å². The highest BCUT2D eigenvalue weighted by molar-refractivity contribution is 5.93. The zero-order chi connectivity index (χ0) is 19.5. The molecule has 8 nitrogen and oxygen atoms in total. The zero-order valence-corrected chi connectivity index (χ0v) is 16.5. The highest BCUT2D eigenvalue weighted by Gasteiger charge is 2.28. The van der Waals surface area contributed by atoms with Crippen molar-refractivity contribution >= 4 is 11.6 Å². The Morgan fingerprint density at radius 1 is 1.25 bits per heavy atom. The van der Waals surface area contributed by atoms with Crippen molar-refractivity contribution in [1.82, 2.24) is 25.6 Å². The molecule has 0 spiro atoms. The lowest BCUT2D eigenvalue weighted by molar-refractivity contribution is 0.0934. The summed E-state index contributed by atoms with van der Waals surface area (Å²) in [6.07, 6.45) is 2.93. The number of nitrogens with zero attached hydrogens (tertiary/aromatic N) is 4. The molecular formula is C20H28N6O2. The number of para-hydroxylation sites is 2. The smallest absolute Gasteiger partial charge is 0.274 e. The Morgan fingerprint density at radius 3 is 2.82 bits per heavy atom. The molecule has 8 heteroatoms. The van der Waals surface area contributed by atoms with Gasteiger partial charge in [0.15, 0.2) is 5.69 Å². The van der Waals surface area contributed by atoms with E-state index in [1.54, 1.807) is 7.11 Å². The number of piperidine rings is 1. The predicted molar refractivity (Wildman–Crippen MR) is 107 cm³/mol. The molecule has 4 rings (SSSR count). The topological polar surface area (TPSA) is 84.3 Å². The van der Waals surface area contributed by atoms with Crippen LogP contribution in [0.15, 0.2) is 24.3 Å². The number of benzene rings is 1. The molecule has 3 heterocycles. The van der Waals surface area contributed by atoms with Crippen LogP contribution in [-0.4, -0.2) is 60.2 Å². The maximum Gasteiger partial charge on any atom is 0.274 e. The van der Waals surface area contributed by atoms with Crippen molar-refractivity contribution in [2.75, 3.05) is 38.2 Å². The van der Waals surface area contributed by atoms with Gasteiger partial charge in [-0.25, -0.2) is 4.68 Å². The number of anilines is 1. The quantitative estimate of drug-likeness (QED) is 0.813. The molecule has 0 radical (unpaired) electrons. The van der Waals surface area contributed by atoms with E-state index in [9.17, 15) is 4.79 Å². The summed E-state index contributed by atoms with van der Waals surface area (Å²) in [5, 5.41) is 14.9. The molecule has 1 atom stereocenters. The van der Waals surface area contributed by atoms with Crippen LogP contribution in [0.3, 0.4) is 0 Å². The van der Waals surface area contributed by atoms with E-state index in [1.165, 1.54) is 0 Å². The fourth-order valence-electron chi connectivity index (χ4n) is 4.19. The number of amides is 1. The molecule has 2 saturated heterocycles. The van der Waals surface area contributed by atoms with Crippen LogP contribution in [0, 0.1) is 6.92 Å². The van der Waals surface area contributed by atoms with Gasteiger partial charge in [-0.05, 0) is 51.4 Å². The van der Waals surface area contributed by atoms with E-state index < -0.39 is 0 Å². The molecule has 28 heavy (non-hydrogen) atoms. The van der Waals surface area contributed by atoms with Gasteiger partial charge in [0.1, 0.15) is 5.75 Å². The van der Waals surface area contributed by atoms with Gasteiger partial charge in [-0.3, -0.25) is 4.79 Å². The van der Waals surface area contributed by atoms with E-state index in [4.69, 9.17) is 4.74 Å². The Kier molecular flexibility index (Phi) is 5.47. The number of hydrogen-bond acceptors (Lipinski definition) is 6. The molecule has 0 saturated carbocycles. The van der Waals surface area contributed by atoms with Gasteiger partial charge in [0.25, 0.3) is 5.91 Å². The standard InChI is InChI=1S/C20H28N6O2/c1-14-19(23-24-26(14)16-7-10-21-11-8-16)20(27)22-15-9-12-25(13-15)17-5-3-4-6-18(17)28-2/h3-6,15-16,21H,7-13H2,1-2H3,(H,22,27). The Hall–Kier alpha value is -2.61. The van der Waals surface area contributed by atoms with Gasteiger partial charge in [-0.15, -0.1) is 5.10 Å². The van der Waals surface area contributed by atoms with E-state index in [-0.39, 0.29) is 11.9 Å². The summed E-state index contributed by atoms with van der Waals surface area (Å²) in [4.78, 5) is 15.1. The first kappa shape index (κ1) is 18.7. The minimum Gasteiger partial charge on any atom is -0.495 e. The molecule has 2 fully saturated rings. The SMILES string of the molecule is COc1ccccc1N1CCC(NC(=O)c2nnn(C3CCNCC3)c2C)C1. The van der Waals surface area contributed by atoms with Crippen LogP contribution in [0.5, 0.6) is 5.75 Å². The summed E-state index contributed by atoms with van der Waals surface area (Å²) >= 11 is 0. The van der Waals surface area contributed by atoms with Crippen molar-refractivity contribution in [1.29, 1.82) is 0 Å². The number of aromatic nitrogens is 3. The molecule has 2 aliphatic heterocycles. The number of rotatable bonds is 5. The molecule has 2 aromatic rings. The van der Waals surface area contributed by atoms with Crippen LogP contribution in [0.25, 0.3) is 0 Å². The molecule has 2 N–H and O–H groups in total. The van der Waals surface area contributed by atoms with Crippen LogP contribution in [0.4, 0.5) is 5.69 Å². The second-order valence-electron chi connectivity index (χ2n) is 7.53. The number of hydrogen-bond donors (Lipinski definition) is 2. The Morgan fingerprint density at radius 2 is 2.04 bits per heavy atom. The average Bonchev–Trinajstić information content (AvgIpc) is 3.35. The molecular weight excluding hydrogens is 356 g/mol. The summed E-state index contributed by atoms with van der Waals surface area (Å²) < 4.78 is 7.39. The lowest BCUT2D eigenvalue weighted by Gasteiger charge is -2.23. The van der Waals surface area contributed by atoms with Crippen molar-refractivity contribution in [3.05, 3.63) is 35.7 Å². The van der Waals surface area contributed by atoms with Gasteiger partial charge in [0.05, 0.1) is 24.5 Å². The second kappa shape index (κ2) is 8.18. The van der Waals surface area contributed by atoms with Crippen LogP contribution in [0.1, 0.15) is 41.5 Å². The Bertz CT molecular complexity index is 830. The third-order valence-corrected chi connectivity index (χ3v) is 5.75. The molecule has 1 amide bonds. The number of ether oxygens (including phenoxy) is 1. The largest absolute Gasteiger partial charge is 0.495 e. The van der Waals surface area contributed by atoms with Crippen molar-refractivity contribution in [2.45, 2.75) is 38.3 Å². The fourth-order valence-corrected chi connectivity index (χ4v) is 4.19. The minimum atomic E-state index is -0.135. The maximum absolute atomic E-state index is 12.8. The van der Waals surface area contributed by atoms with Crippen LogP contribution in [-0.2, 0) is 0 Å². The van der Waals surface area contributed by atoms with Gasteiger partial charge in [0, 0.05) is 19.1 Å². The first-order valence-electron chi connectivity index (χ1n) is 9.98. The van der Waals surface area contributed by atoms with Gasteiger partial charge in [0.2, 0.25) is 0 Å². The maximum atomic E-state index is 12.8. The fraction of sp³-hybridized carbons (Fsp3) is 0.550. The lowest BCUT2D eigenvalue weighted by Crippen LogP contribution is -2.37. The van der Waals surface area contributed by atoms with Crippen LogP contribution < -0.4 is 20.3 Å². The van der Waals surface area contributed by atoms with Gasteiger partial charge in [-0.1, -0.05) is 17.3 Å². The molecule has 0 aliphatic carbocycles. The van der Waals surface area contributed by atoms with Crippen LogP contribution in [0.2, 0.25) is 0 Å². The van der Waals surface area contributed by atoms with Crippen molar-refractivity contribution < 1.29 is 9.53 Å². The van der Waals surface area contributed by atoms with Gasteiger partial charge in [-0.2, -0.15) is 0 Å². The number of nitrogens with one attached hydrogen (secondary N) is 2. The third kappa shape index (κ3) is 3.69. The van der Waals surface area contributed by atoms with E-state index in [0.717, 1.165) is 62.6 Å².